The first-order chi connectivity index (χ1) is 8.05. The molecule has 1 atom stereocenters. The molecular weight excluding hydrogens is 208 g/mol. The summed E-state index contributed by atoms with van der Waals surface area (Å²) in [5, 5.41) is 8.86. The lowest BCUT2D eigenvalue weighted by atomic mass is 10.1. The fourth-order valence-corrected chi connectivity index (χ4v) is 2.15. The highest BCUT2D eigenvalue weighted by Gasteiger charge is 2.08. The van der Waals surface area contributed by atoms with Crippen molar-refractivity contribution in [2.75, 3.05) is 13.1 Å². The molecule has 0 N–H and O–H groups in total. The van der Waals surface area contributed by atoms with E-state index in [1.165, 1.54) is 16.7 Å². The van der Waals surface area contributed by atoms with Crippen LogP contribution in [0.1, 0.15) is 30.5 Å². The molecule has 1 aromatic rings. The zero-order valence-corrected chi connectivity index (χ0v) is 11.3. The summed E-state index contributed by atoms with van der Waals surface area (Å²) in [7, 11) is 0. The van der Waals surface area contributed by atoms with E-state index in [0.29, 0.717) is 0 Å². The van der Waals surface area contributed by atoms with Crippen LogP contribution in [0.15, 0.2) is 18.2 Å². The van der Waals surface area contributed by atoms with Crippen LogP contribution in [0, 0.1) is 31.1 Å². The summed E-state index contributed by atoms with van der Waals surface area (Å²) < 4.78 is 0. The van der Waals surface area contributed by atoms with Crippen molar-refractivity contribution >= 4 is 0 Å². The molecule has 0 saturated heterocycles. The van der Waals surface area contributed by atoms with Gasteiger partial charge in [-0.2, -0.15) is 5.26 Å². The fraction of sp³-hybridized carbons (Fsp3) is 0.533. The molecule has 1 unspecified atom stereocenters. The van der Waals surface area contributed by atoms with Crippen LogP contribution in [0.3, 0.4) is 0 Å². The molecule has 2 nitrogen and oxygen atoms in total. The monoisotopic (exact) mass is 230 g/mol. The summed E-state index contributed by atoms with van der Waals surface area (Å²) in [5.74, 6) is 0.0980. The minimum absolute atomic E-state index is 0.0980. The van der Waals surface area contributed by atoms with Crippen molar-refractivity contribution in [3.05, 3.63) is 34.9 Å². The third-order valence-electron chi connectivity index (χ3n) is 2.89. The Morgan fingerprint density at radius 2 is 1.82 bits per heavy atom. The molecule has 0 aliphatic heterocycles. The van der Waals surface area contributed by atoms with Gasteiger partial charge in [-0.25, -0.2) is 0 Å². The van der Waals surface area contributed by atoms with E-state index in [4.69, 9.17) is 5.26 Å². The molecule has 1 aromatic carbocycles. The van der Waals surface area contributed by atoms with E-state index < -0.39 is 0 Å². The lowest BCUT2D eigenvalue weighted by Crippen LogP contribution is -2.27. The van der Waals surface area contributed by atoms with E-state index in [9.17, 15) is 0 Å². The van der Waals surface area contributed by atoms with Gasteiger partial charge in [-0.1, -0.05) is 36.2 Å². The van der Waals surface area contributed by atoms with Gasteiger partial charge in [-0.05, 0) is 32.9 Å². The molecule has 0 saturated carbocycles. The average molecular weight is 230 g/mol. The van der Waals surface area contributed by atoms with Crippen molar-refractivity contribution in [1.29, 1.82) is 5.26 Å². The van der Waals surface area contributed by atoms with Crippen LogP contribution in [-0.2, 0) is 6.54 Å². The summed E-state index contributed by atoms with van der Waals surface area (Å²) in [5.41, 5.74) is 3.96. The first kappa shape index (κ1) is 13.7. The van der Waals surface area contributed by atoms with Crippen molar-refractivity contribution in [1.82, 2.24) is 4.90 Å². The van der Waals surface area contributed by atoms with Crippen molar-refractivity contribution < 1.29 is 0 Å². The van der Waals surface area contributed by atoms with Gasteiger partial charge in [0.2, 0.25) is 0 Å². The molecule has 17 heavy (non-hydrogen) atoms. The van der Waals surface area contributed by atoms with Gasteiger partial charge in [-0.15, -0.1) is 0 Å². The van der Waals surface area contributed by atoms with Gasteiger partial charge in [0.15, 0.2) is 0 Å². The van der Waals surface area contributed by atoms with Crippen LogP contribution in [0.2, 0.25) is 0 Å². The third kappa shape index (κ3) is 4.58. The van der Waals surface area contributed by atoms with E-state index in [1.54, 1.807) is 0 Å². The van der Waals surface area contributed by atoms with E-state index in [2.05, 4.69) is 49.9 Å². The molecule has 2 heteroatoms. The Hall–Kier alpha value is -1.33. The molecule has 0 radical (unpaired) electrons. The number of rotatable bonds is 5. The predicted octanol–water partition coefficient (Wildman–Crippen LogP) is 3.29. The normalized spacial score (nSPS) is 12.5. The van der Waals surface area contributed by atoms with E-state index >= 15 is 0 Å². The molecular formula is C15H22N2. The number of hydrogen-bond acceptors (Lipinski definition) is 2. The zero-order valence-electron chi connectivity index (χ0n) is 11.3. The summed E-state index contributed by atoms with van der Waals surface area (Å²) in [6.45, 7) is 11.1. The van der Waals surface area contributed by atoms with Gasteiger partial charge >= 0.3 is 0 Å². The molecule has 0 bridgehead atoms. The maximum Gasteiger partial charge on any atom is 0.0666 e. The standard InChI is InChI=1S/C15H22N2/c1-5-17(10-14(4)9-16)11-15-7-12(2)6-13(3)8-15/h6-8,14H,5,10-11H2,1-4H3. The Morgan fingerprint density at radius 3 is 2.29 bits per heavy atom. The Kier molecular flexibility index (Phi) is 5.18. The summed E-state index contributed by atoms with van der Waals surface area (Å²) in [4.78, 5) is 2.32. The zero-order chi connectivity index (χ0) is 12.8. The second-order valence-corrected chi connectivity index (χ2v) is 4.85. The van der Waals surface area contributed by atoms with Gasteiger partial charge in [-0.3, -0.25) is 4.90 Å². The molecule has 1 rings (SSSR count). The number of aryl methyl sites for hydroxylation is 2. The summed E-state index contributed by atoms with van der Waals surface area (Å²) in [6, 6.07) is 8.95. The Bertz CT molecular complexity index is 384. The van der Waals surface area contributed by atoms with Gasteiger partial charge in [0, 0.05) is 13.1 Å². The van der Waals surface area contributed by atoms with Gasteiger partial charge < -0.3 is 0 Å². The van der Waals surface area contributed by atoms with Crippen LogP contribution < -0.4 is 0 Å². The lowest BCUT2D eigenvalue weighted by molar-refractivity contribution is 0.260. The molecule has 0 heterocycles. The number of nitrogens with zero attached hydrogens (tertiary/aromatic N) is 2. The third-order valence-corrected chi connectivity index (χ3v) is 2.89. The van der Waals surface area contributed by atoms with E-state index in [-0.39, 0.29) is 5.92 Å². The largest absolute Gasteiger partial charge is 0.298 e. The lowest BCUT2D eigenvalue weighted by Gasteiger charge is -2.22. The van der Waals surface area contributed by atoms with Crippen LogP contribution in [-0.4, -0.2) is 18.0 Å². The molecule has 0 fully saturated rings. The van der Waals surface area contributed by atoms with Crippen molar-refractivity contribution in [2.45, 2.75) is 34.2 Å². The molecule has 0 aromatic heterocycles. The van der Waals surface area contributed by atoms with E-state index in [1.807, 2.05) is 6.92 Å². The highest BCUT2D eigenvalue weighted by Crippen LogP contribution is 2.12. The van der Waals surface area contributed by atoms with Crippen LogP contribution in [0.25, 0.3) is 0 Å². The number of benzene rings is 1. The maximum absolute atomic E-state index is 8.86. The maximum atomic E-state index is 8.86. The SMILES string of the molecule is CCN(Cc1cc(C)cc(C)c1)CC(C)C#N. The highest BCUT2D eigenvalue weighted by atomic mass is 15.1. The fourth-order valence-electron chi connectivity index (χ4n) is 2.15. The van der Waals surface area contributed by atoms with Gasteiger partial charge in [0.1, 0.15) is 0 Å². The molecule has 0 aliphatic carbocycles. The molecule has 92 valence electrons. The molecule has 0 spiro atoms. The first-order valence-electron chi connectivity index (χ1n) is 6.24. The second-order valence-electron chi connectivity index (χ2n) is 4.85. The summed E-state index contributed by atoms with van der Waals surface area (Å²) in [6.07, 6.45) is 0. The Balaban J connectivity index is 2.70. The summed E-state index contributed by atoms with van der Waals surface area (Å²) >= 11 is 0. The minimum atomic E-state index is 0.0980. The quantitative estimate of drug-likeness (QED) is 0.776. The first-order valence-corrected chi connectivity index (χ1v) is 6.24. The van der Waals surface area contributed by atoms with Crippen molar-refractivity contribution in [3.63, 3.8) is 0 Å². The number of nitriles is 1. The topological polar surface area (TPSA) is 27.0 Å². The molecule has 0 amide bonds. The van der Waals surface area contributed by atoms with Gasteiger partial charge in [0.25, 0.3) is 0 Å². The minimum Gasteiger partial charge on any atom is -0.298 e. The average Bonchev–Trinajstić information content (AvgIpc) is 2.26. The van der Waals surface area contributed by atoms with Crippen LogP contribution in [0.4, 0.5) is 0 Å². The molecule has 0 aliphatic rings. The smallest absolute Gasteiger partial charge is 0.0666 e. The predicted molar refractivity (Wildman–Crippen MR) is 71.6 cm³/mol. The van der Waals surface area contributed by atoms with Gasteiger partial charge in [0.05, 0.1) is 12.0 Å². The van der Waals surface area contributed by atoms with Crippen LogP contribution >= 0.6 is 0 Å². The number of hydrogen-bond donors (Lipinski definition) is 0. The van der Waals surface area contributed by atoms with Crippen molar-refractivity contribution in [3.8, 4) is 6.07 Å². The highest BCUT2D eigenvalue weighted by molar-refractivity contribution is 5.28. The van der Waals surface area contributed by atoms with Crippen molar-refractivity contribution in [2.24, 2.45) is 5.92 Å². The Labute approximate surface area is 105 Å². The Morgan fingerprint density at radius 1 is 1.24 bits per heavy atom. The van der Waals surface area contributed by atoms with E-state index in [0.717, 1.165) is 19.6 Å². The second kappa shape index (κ2) is 6.42. The van der Waals surface area contributed by atoms with Crippen LogP contribution in [0.5, 0.6) is 0 Å².